The second-order valence-corrected chi connectivity index (χ2v) is 7.35. The van der Waals surface area contributed by atoms with Crippen molar-refractivity contribution >= 4 is 27.7 Å². The van der Waals surface area contributed by atoms with Gasteiger partial charge in [0, 0.05) is 38.2 Å². The van der Waals surface area contributed by atoms with Gasteiger partial charge >= 0.3 is 0 Å². The Labute approximate surface area is 148 Å². The SMILES string of the molecule is Cn1cc(Br)c(OC2CCC(N3C(=O)CCCC3=O)CC2)cc1=O. The molecule has 2 heterocycles. The van der Waals surface area contributed by atoms with Crippen LogP contribution in [0.3, 0.4) is 0 Å². The maximum atomic E-state index is 12.0. The first kappa shape index (κ1) is 17.2. The van der Waals surface area contributed by atoms with Gasteiger partial charge in [0.15, 0.2) is 0 Å². The van der Waals surface area contributed by atoms with Gasteiger partial charge in [0.25, 0.3) is 5.56 Å². The lowest BCUT2D eigenvalue weighted by atomic mass is 9.90. The van der Waals surface area contributed by atoms with Crippen LogP contribution in [0.4, 0.5) is 0 Å². The lowest BCUT2D eigenvalue weighted by Crippen LogP contribution is -2.49. The molecule has 0 bridgehead atoms. The van der Waals surface area contributed by atoms with Gasteiger partial charge in [-0.2, -0.15) is 0 Å². The average Bonchev–Trinajstić information content (AvgIpc) is 2.54. The minimum Gasteiger partial charge on any atom is -0.489 e. The number of imide groups is 1. The van der Waals surface area contributed by atoms with Gasteiger partial charge in [0.2, 0.25) is 11.8 Å². The number of aromatic nitrogens is 1. The van der Waals surface area contributed by atoms with Gasteiger partial charge in [-0.15, -0.1) is 0 Å². The summed E-state index contributed by atoms with van der Waals surface area (Å²) in [5.41, 5.74) is -0.119. The number of halogens is 1. The molecule has 1 saturated heterocycles. The van der Waals surface area contributed by atoms with Crippen LogP contribution < -0.4 is 10.3 Å². The Morgan fingerprint density at radius 1 is 1.08 bits per heavy atom. The van der Waals surface area contributed by atoms with E-state index in [0.717, 1.165) is 30.2 Å². The number of carbonyl (C=O) groups is 2. The molecule has 1 aromatic rings. The number of piperidine rings is 1. The molecule has 0 radical (unpaired) electrons. The predicted molar refractivity (Wildman–Crippen MR) is 91.8 cm³/mol. The monoisotopic (exact) mass is 396 g/mol. The number of amides is 2. The van der Waals surface area contributed by atoms with Crippen molar-refractivity contribution in [2.45, 2.75) is 57.1 Å². The van der Waals surface area contributed by atoms with E-state index in [-0.39, 0.29) is 29.5 Å². The van der Waals surface area contributed by atoms with Gasteiger partial charge in [0.1, 0.15) is 5.75 Å². The molecule has 0 unspecified atom stereocenters. The third-order valence-corrected chi connectivity index (χ3v) is 5.36. The summed E-state index contributed by atoms with van der Waals surface area (Å²) in [5, 5.41) is 0. The zero-order valence-corrected chi connectivity index (χ0v) is 15.3. The van der Waals surface area contributed by atoms with Crippen molar-refractivity contribution < 1.29 is 14.3 Å². The van der Waals surface area contributed by atoms with Crippen LogP contribution >= 0.6 is 15.9 Å². The molecule has 0 aromatic carbocycles. The van der Waals surface area contributed by atoms with Crippen LogP contribution in [-0.4, -0.2) is 33.4 Å². The topological polar surface area (TPSA) is 68.6 Å². The van der Waals surface area contributed by atoms with Crippen molar-refractivity contribution in [3.63, 3.8) is 0 Å². The molecule has 1 aliphatic heterocycles. The first-order valence-electron chi connectivity index (χ1n) is 8.33. The van der Waals surface area contributed by atoms with Crippen molar-refractivity contribution in [3.05, 3.63) is 27.1 Å². The summed E-state index contributed by atoms with van der Waals surface area (Å²) in [5.74, 6) is 0.474. The summed E-state index contributed by atoms with van der Waals surface area (Å²) in [6.45, 7) is 0. The molecule has 1 aromatic heterocycles. The zero-order valence-electron chi connectivity index (χ0n) is 13.7. The number of hydrogen-bond acceptors (Lipinski definition) is 4. The maximum Gasteiger partial charge on any atom is 0.254 e. The Hall–Kier alpha value is -1.63. The van der Waals surface area contributed by atoms with Crippen LogP contribution in [-0.2, 0) is 16.6 Å². The summed E-state index contributed by atoms with van der Waals surface area (Å²) >= 11 is 3.42. The number of pyridine rings is 1. The summed E-state index contributed by atoms with van der Waals surface area (Å²) in [6.07, 6.45) is 6.35. The minimum absolute atomic E-state index is 0.000323. The first-order chi connectivity index (χ1) is 11.5. The molecular weight excluding hydrogens is 376 g/mol. The number of nitrogens with zero attached hydrogens (tertiary/aromatic N) is 2. The first-order valence-corrected chi connectivity index (χ1v) is 9.12. The van der Waals surface area contributed by atoms with Gasteiger partial charge in [0.05, 0.1) is 10.6 Å². The van der Waals surface area contributed by atoms with Gasteiger partial charge < -0.3 is 9.30 Å². The number of ether oxygens (including phenoxy) is 1. The highest BCUT2D eigenvalue weighted by molar-refractivity contribution is 9.10. The maximum absolute atomic E-state index is 12.0. The molecule has 7 heteroatoms. The number of likely N-dealkylation sites (tertiary alicyclic amines) is 1. The number of aryl methyl sites for hydroxylation is 1. The Morgan fingerprint density at radius 2 is 1.71 bits per heavy atom. The molecule has 1 aliphatic carbocycles. The Balaban J connectivity index is 1.61. The van der Waals surface area contributed by atoms with Gasteiger partial charge in [-0.05, 0) is 48.0 Å². The third kappa shape index (κ3) is 3.55. The number of rotatable bonds is 3. The largest absolute Gasteiger partial charge is 0.489 e. The summed E-state index contributed by atoms with van der Waals surface area (Å²) in [6, 6.07) is 1.48. The smallest absolute Gasteiger partial charge is 0.254 e. The van der Waals surface area contributed by atoms with Gasteiger partial charge in [-0.1, -0.05) is 0 Å². The van der Waals surface area contributed by atoms with Crippen LogP contribution in [0.1, 0.15) is 44.9 Å². The molecule has 6 nitrogen and oxygen atoms in total. The van der Waals surface area contributed by atoms with Crippen molar-refractivity contribution in [3.8, 4) is 5.75 Å². The quantitative estimate of drug-likeness (QED) is 0.735. The highest BCUT2D eigenvalue weighted by Crippen LogP contribution is 2.31. The molecule has 2 aliphatic rings. The van der Waals surface area contributed by atoms with E-state index in [9.17, 15) is 14.4 Å². The lowest BCUT2D eigenvalue weighted by molar-refractivity contribution is -0.152. The molecule has 2 amide bonds. The van der Waals surface area contributed by atoms with E-state index in [1.165, 1.54) is 15.5 Å². The fourth-order valence-corrected chi connectivity index (χ4v) is 3.96. The van der Waals surface area contributed by atoms with E-state index in [1.807, 2.05) is 0 Å². The molecule has 0 atom stereocenters. The Morgan fingerprint density at radius 3 is 2.33 bits per heavy atom. The predicted octanol–water partition coefficient (Wildman–Crippen LogP) is 2.38. The highest BCUT2D eigenvalue weighted by atomic mass is 79.9. The number of carbonyl (C=O) groups excluding carboxylic acids is 2. The fourth-order valence-electron chi connectivity index (χ4n) is 3.45. The van der Waals surface area contributed by atoms with Crippen LogP contribution in [0.25, 0.3) is 0 Å². The average molecular weight is 397 g/mol. The van der Waals surface area contributed by atoms with Crippen LogP contribution in [0, 0.1) is 0 Å². The Kier molecular flexibility index (Phi) is 5.08. The molecular formula is C17H21BrN2O4. The van der Waals surface area contributed by atoms with Crippen molar-refractivity contribution in [2.24, 2.45) is 7.05 Å². The molecule has 0 N–H and O–H groups in total. The van der Waals surface area contributed by atoms with Crippen LogP contribution in [0.5, 0.6) is 5.75 Å². The second kappa shape index (κ2) is 7.09. The highest BCUT2D eigenvalue weighted by Gasteiger charge is 2.35. The van der Waals surface area contributed by atoms with Gasteiger partial charge in [-0.3, -0.25) is 19.3 Å². The number of hydrogen-bond donors (Lipinski definition) is 0. The van der Waals surface area contributed by atoms with E-state index in [1.54, 1.807) is 13.2 Å². The molecule has 130 valence electrons. The summed E-state index contributed by atoms with van der Waals surface area (Å²) in [7, 11) is 1.69. The lowest BCUT2D eigenvalue weighted by Gasteiger charge is -2.37. The van der Waals surface area contributed by atoms with Crippen LogP contribution in [0.2, 0.25) is 0 Å². The van der Waals surface area contributed by atoms with E-state index < -0.39 is 0 Å². The summed E-state index contributed by atoms with van der Waals surface area (Å²) < 4.78 is 8.19. The third-order valence-electron chi connectivity index (χ3n) is 4.77. The van der Waals surface area contributed by atoms with Crippen molar-refractivity contribution in [1.82, 2.24) is 9.47 Å². The van der Waals surface area contributed by atoms with E-state index in [0.29, 0.717) is 25.0 Å². The summed E-state index contributed by atoms with van der Waals surface area (Å²) in [4.78, 5) is 37.3. The van der Waals surface area contributed by atoms with Crippen LogP contribution in [0.15, 0.2) is 21.5 Å². The molecule has 24 heavy (non-hydrogen) atoms. The molecule has 0 spiro atoms. The van der Waals surface area contributed by atoms with E-state index in [4.69, 9.17) is 4.74 Å². The van der Waals surface area contributed by atoms with E-state index >= 15 is 0 Å². The Bertz CT molecular complexity index is 691. The second-order valence-electron chi connectivity index (χ2n) is 6.49. The van der Waals surface area contributed by atoms with Crippen molar-refractivity contribution in [2.75, 3.05) is 0 Å². The standard InChI is InChI=1S/C17H21BrN2O4/c1-19-10-13(18)14(9-17(19)23)24-12-7-5-11(6-8-12)20-15(21)3-2-4-16(20)22/h9-12H,2-8H2,1H3. The zero-order chi connectivity index (χ0) is 17.3. The van der Waals surface area contributed by atoms with Crippen molar-refractivity contribution in [1.29, 1.82) is 0 Å². The fraction of sp³-hybridized carbons (Fsp3) is 0.588. The minimum atomic E-state index is -0.119. The normalized spacial score (nSPS) is 25.0. The molecule has 1 saturated carbocycles. The van der Waals surface area contributed by atoms with Gasteiger partial charge in [-0.25, -0.2) is 0 Å². The molecule has 2 fully saturated rings. The van der Waals surface area contributed by atoms with E-state index in [2.05, 4.69) is 15.9 Å². The molecule has 3 rings (SSSR count).